The molecule has 4 rings (SSSR count). The fourth-order valence-electron chi connectivity index (χ4n) is 3.04. The highest BCUT2D eigenvalue weighted by molar-refractivity contribution is 9.11. The first-order valence-electron chi connectivity index (χ1n) is 8.79. The Labute approximate surface area is 203 Å². The summed E-state index contributed by atoms with van der Waals surface area (Å²) in [5, 5.41) is 0. The average molecular weight is 638 g/mol. The lowest BCUT2D eigenvalue weighted by atomic mass is 10.0. The van der Waals surface area contributed by atoms with Crippen molar-refractivity contribution >= 4 is 63.7 Å². The molecule has 0 aliphatic heterocycles. The Morgan fingerprint density at radius 1 is 0.448 bits per heavy atom. The van der Waals surface area contributed by atoms with Crippen molar-refractivity contribution in [3.05, 3.63) is 103 Å². The van der Waals surface area contributed by atoms with Gasteiger partial charge in [0, 0.05) is 20.1 Å². The van der Waals surface area contributed by atoms with Crippen LogP contribution in [0.15, 0.2) is 103 Å². The molecule has 0 aliphatic rings. The zero-order valence-corrected chi connectivity index (χ0v) is 21.3. The third-order valence-electron chi connectivity index (χ3n) is 4.45. The van der Waals surface area contributed by atoms with Crippen LogP contribution >= 0.6 is 63.7 Å². The Morgan fingerprint density at radius 2 is 0.828 bits per heavy atom. The zero-order chi connectivity index (χ0) is 20.4. The van der Waals surface area contributed by atoms with Gasteiger partial charge in [-0.25, -0.2) is 0 Å². The minimum atomic E-state index is 0.778. The summed E-state index contributed by atoms with van der Waals surface area (Å²) < 4.78 is 10.4. The van der Waals surface area contributed by atoms with E-state index in [9.17, 15) is 0 Å². The molecule has 0 aromatic heterocycles. The molecule has 0 amide bonds. The minimum absolute atomic E-state index is 0.778. The van der Waals surface area contributed by atoms with Crippen LogP contribution in [0, 0.1) is 0 Å². The highest BCUT2D eigenvalue weighted by Gasteiger charge is 2.16. The van der Waals surface area contributed by atoms with Gasteiger partial charge in [-0.05, 0) is 79.4 Å². The number of halogens is 4. The van der Waals surface area contributed by atoms with Crippen molar-refractivity contribution in [1.29, 1.82) is 0 Å². The smallest absolute Gasteiger partial charge is 0.149 e. The van der Waals surface area contributed by atoms with Crippen molar-refractivity contribution in [2.24, 2.45) is 0 Å². The van der Waals surface area contributed by atoms with Crippen molar-refractivity contribution in [2.75, 3.05) is 0 Å². The van der Waals surface area contributed by atoms with E-state index in [0.717, 1.165) is 51.6 Å². The monoisotopic (exact) mass is 634 g/mol. The number of hydrogen-bond donors (Lipinski definition) is 0. The van der Waals surface area contributed by atoms with Crippen molar-refractivity contribution in [1.82, 2.24) is 0 Å². The zero-order valence-electron chi connectivity index (χ0n) is 15.0. The molecule has 0 saturated carbocycles. The van der Waals surface area contributed by atoms with Crippen molar-refractivity contribution < 1.29 is 4.74 Å². The molecule has 4 aromatic rings. The number of para-hydroxylation sites is 2. The van der Waals surface area contributed by atoms with Gasteiger partial charge in [-0.3, -0.25) is 0 Å². The lowest BCUT2D eigenvalue weighted by Crippen LogP contribution is -1.93. The predicted molar refractivity (Wildman–Crippen MR) is 135 cm³/mol. The summed E-state index contributed by atoms with van der Waals surface area (Å²) >= 11 is 14.4. The Hall–Kier alpha value is -1.40. The number of hydrogen-bond acceptors (Lipinski definition) is 1. The molecule has 0 N–H and O–H groups in total. The van der Waals surface area contributed by atoms with Gasteiger partial charge in [-0.2, -0.15) is 0 Å². The normalized spacial score (nSPS) is 10.8. The molecular formula is C24H14Br4O. The highest BCUT2D eigenvalue weighted by Crippen LogP contribution is 2.45. The minimum Gasteiger partial charge on any atom is -0.454 e. The fraction of sp³-hybridized carbons (Fsp3) is 0. The predicted octanol–water partition coefficient (Wildman–Crippen LogP) is 9.86. The first-order valence-corrected chi connectivity index (χ1v) is 12.0. The molecule has 0 heterocycles. The van der Waals surface area contributed by atoms with Gasteiger partial charge in [-0.15, -0.1) is 0 Å². The Kier molecular flexibility index (Phi) is 6.60. The van der Waals surface area contributed by atoms with E-state index in [-0.39, 0.29) is 0 Å². The summed E-state index contributed by atoms with van der Waals surface area (Å²) in [4.78, 5) is 0. The van der Waals surface area contributed by atoms with E-state index in [1.165, 1.54) is 0 Å². The van der Waals surface area contributed by atoms with Crippen LogP contribution in [0.25, 0.3) is 22.3 Å². The van der Waals surface area contributed by atoms with E-state index in [1.54, 1.807) is 0 Å². The Balaban J connectivity index is 1.83. The third-order valence-corrected chi connectivity index (χ3v) is 6.75. The third kappa shape index (κ3) is 4.69. The molecule has 29 heavy (non-hydrogen) atoms. The molecule has 0 spiro atoms. The second-order valence-electron chi connectivity index (χ2n) is 6.35. The van der Waals surface area contributed by atoms with Gasteiger partial charge in [0.25, 0.3) is 0 Å². The van der Waals surface area contributed by atoms with Crippen molar-refractivity contribution in [3.8, 4) is 33.8 Å². The summed E-state index contributed by atoms with van der Waals surface area (Å²) in [7, 11) is 0. The maximum Gasteiger partial charge on any atom is 0.149 e. The van der Waals surface area contributed by atoms with Crippen LogP contribution in [-0.4, -0.2) is 0 Å². The van der Waals surface area contributed by atoms with Gasteiger partial charge in [0.2, 0.25) is 0 Å². The van der Waals surface area contributed by atoms with E-state index in [1.807, 2.05) is 48.5 Å². The maximum absolute atomic E-state index is 6.55. The fourth-order valence-corrected chi connectivity index (χ4v) is 4.46. The van der Waals surface area contributed by atoms with Crippen LogP contribution in [0.5, 0.6) is 11.5 Å². The molecule has 1 nitrogen and oxygen atoms in total. The SMILES string of the molecule is Brc1ccc(-c2cccc(Br)c2Oc2c(Br)cccc2-c2ccc(Br)cc2)cc1. The molecule has 0 unspecified atom stereocenters. The topological polar surface area (TPSA) is 9.23 Å². The lowest BCUT2D eigenvalue weighted by Gasteiger charge is -2.17. The second kappa shape index (κ2) is 9.17. The molecule has 0 aliphatic carbocycles. The summed E-state index contributed by atoms with van der Waals surface area (Å²) in [6.07, 6.45) is 0. The average Bonchev–Trinajstić information content (AvgIpc) is 2.72. The summed E-state index contributed by atoms with van der Waals surface area (Å²) in [6.45, 7) is 0. The molecule has 4 aromatic carbocycles. The van der Waals surface area contributed by atoms with Crippen LogP contribution in [0.4, 0.5) is 0 Å². The molecule has 5 heteroatoms. The number of benzene rings is 4. The molecule has 0 atom stereocenters. The molecular weight excluding hydrogens is 624 g/mol. The highest BCUT2D eigenvalue weighted by atomic mass is 79.9. The van der Waals surface area contributed by atoms with Gasteiger partial charge in [0.05, 0.1) is 8.95 Å². The molecule has 144 valence electrons. The van der Waals surface area contributed by atoms with E-state index >= 15 is 0 Å². The summed E-state index contributed by atoms with van der Waals surface area (Å²) in [5.74, 6) is 1.56. The van der Waals surface area contributed by atoms with E-state index in [2.05, 4.69) is 100 Å². The number of rotatable bonds is 4. The van der Waals surface area contributed by atoms with E-state index in [0.29, 0.717) is 0 Å². The van der Waals surface area contributed by atoms with Crippen molar-refractivity contribution in [2.45, 2.75) is 0 Å². The van der Waals surface area contributed by atoms with Crippen molar-refractivity contribution in [3.63, 3.8) is 0 Å². The largest absolute Gasteiger partial charge is 0.454 e. The second-order valence-corrected chi connectivity index (χ2v) is 9.89. The molecule has 0 saturated heterocycles. The first-order chi connectivity index (χ1) is 14.0. The Bertz CT molecular complexity index is 1060. The van der Waals surface area contributed by atoms with Gasteiger partial charge in [0.15, 0.2) is 0 Å². The van der Waals surface area contributed by atoms with E-state index in [4.69, 9.17) is 4.74 Å². The lowest BCUT2D eigenvalue weighted by molar-refractivity contribution is 0.480. The first kappa shape index (κ1) is 20.9. The van der Waals surface area contributed by atoms with Crippen LogP contribution in [-0.2, 0) is 0 Å². The molecule has 0 bridgehead atoms. The molecule has 0 radical (unpaired) electrons. The van der Waals surface area contributed by atoms with Crippen LogP contribution in [0.1, 0.15) is 0 Å². The van der Waals surface area contributed by atoms with Crippen LogP contribution in [0.2, 0.25) is 0 Å². The van der Waals surface area contributed by atoms with Gasteiger partial charge >= 0.3 is 0 Å². The maximum atomic E-state index is 6.55. The van der Waals surface area contributed by atoms with Crippen LogP contribution in [0.3, 0.4) is 0 Å². The standard InChI is InChI=1S/C24H14Br4O/c25-17-11-7-15(8-12-17)19-3-1-5-21(27)23(19)29-24-20(4-2-6-22(24)28)16-9-13-18(26)14-10-16/h1-14H. The quantitative estimate of drug-likeness (QED) is 0.216. The van der Waals surface area contributed by atoms with Gasteiger partial charge in [-0.1, -0.05) is 80.4 Å². The molecule has 0 fully saturated rings. The number of ether oxygens (including phenoxy) is 1. The van der Waals surface area contributed by atoms with Crippen LogP contribution < -0.4 is 4.74 Å². The summed E-state index contributed by atoms with van der Waals surface area (Å²) in [5.41, 5.74) is 4.21. The van der Waals surface area contributed by atoms with Gasteiger partial charge in [0.1, 0.15) is 11.5 Å². The van der Waals surface area contributed by atoms with Gasteiger partial charge < -0.3 is 4.74 Å². The Morgan fingerprint density at radius 3 is 1.21 bits per heavy atom. The van der Waals surface area contributed by atoms with E-state index < -0.39 is 0 Å². The summed E-state index contributed by atoms with van der Waals surface area (Å²) in [6, 6.07) is 28.6.